The molecule has 1 aliphatic heterocycles. The molecular formula is C20H24F3N3O. The van der Waals surface area contributed by atoms with Gasteiger partial charge in [-0.15, -0.1) is 0 Å². The quantitative estimate of drug-likeness (QED) is 0.782. The summed E-state index contributed by atoms with van der Waals surface area (Å²) in [5.74, 6) is 1.21. The second-order valence-corrected chi connectivity index (χ2v) is 7.60. The highest BCUT2D eigenvalue weighted by Crippen LogP contribution is 2.36. The number of H-pyrrole nitrogens is 1. The maximum Gasteiger partial charge on any atom is 0.419 e. The van der Waals surface area contributed by atoms with Crippen molar-refractivity contribution in [1.29, 1.82) is 0 Å². The van der Waals surface area contributed by atoms with Gasteiger partial charge in [0.05, 0.1) is 17.9 Å². The molecule has 1 aromatic heterocycles. The topological polar surface area (TPSA) is 41.1 Å². The number of hydrogen-bond donors (Lipinski definition) is 1. The second-order valence-electron chi connectivity index (χ2n) is 7.60. The van der Waals surface area contributed by atoms with Gasteiger partial charge in [0.25, 0.3) is 0 Å². The van der Waals surface area contributed by atoms with E-state index in [1.165, 1.54) is 31.5 Å². The van der Waals surface area contributed by atoms with Crippen LogP contribution < -0.4 is 4.74 Å². The standard InChI is InChI=1S/C20H24F3N3O/c21-20(22,23)17-3-1-2-4-19(17)27-10-8-16-11-18(25-24-16)15-7-9-26(13-15)12-14-5-6-14/h1-4,11,14-15H,5-10,12-13H2,(H,24,25)/t15-/m0/s1. The normalized spacial score (nSPS) is 20.9. The summed E-state index contributed by atoms with van der Waals surface area (Å²) >= 11 is 0. The highest BCUT2D eigenvalue weighted by atomic mass is 19.4. The number of para-hydroxylation sites is 1. The molecule has 1 atom stereocenters. The van der Waals surface area contributed by atoms with Gasteiger partial charge in [0.15, 0.2) is 0 Å². The van der Waals surface area contributed by atoms with E-state index >= 15 is 0 Å². The van der Waals surface area contributed by atoms with Crippen LogP contribution in [0, 0.1) is 5.92 Å². The zero-order chi connectivity index (χ0) is 18.9. The number of aromatic nitrogens is 2. The van der Waals surface area contributed by atoms with Gasteiger partial charge in [-0.25, -0.2) is 0 Å². The van der Waals surface area contributed by atoms with E-state index < -0.39 is 11.7 Å². The van der Waals surface area contributed by atoms with Gasteiger partial charge >= 0.3 is 6.18 Å². The molecule has 0 amide bonds. The number of alkyl halides is 3. The molecule has 2 aliphatic rings. The largest absolute Gasteiger partial charge is 0.493 e. The van der Waals surface area contributed by atoms with Gasteiger partial charge in [-0.1, -0.05) is 12.1 Å². The van der Waals surface area contributed by atoms with Gasteiger partial charge in [-0.05, 0) is 49.9 Å². The summed E-state index contributed by atoms with van der Waals surface area (Å²) in [6.45, 7) is 3.56. The van der Waals surface area contributed by atoms with Crippen LogP contribution in [0.2, 0.25) is 0 Å². The summed E-state index contributed by atoms with van der Waals surface area (Å²) in [6.07, 6.45) is -0.0624. The average molecular weight is 379 g/mol. The molecule has 27 heavy (non-hydrogen) atoms. The van der Waals surface area contributed by atoms with E-state index in [0.717, 1.165) is 42.9 Å². The molecule has 2 heterocycles. The molecular weight excluding hydrogens is 355 g/mol. The van der Waals surface area contributed by atoms with Crippen LogP contribution in [0.4, 0.5) is 13.2 Å². The maximum atomic E-state index is 13.0. The number of nitrogens with zero attached hydrogens (tertiary/aromatic N) is 2. The number of benzene rings is 1. The minimum absolute atomic E-state index is 0.128. The number of nitrogens with one attached hydrogen (secondary N) is 1. The van der Waals surface area contributed by atoms with E-state index in [0.29, 0.717) is 12.3 Å². The molecule has 0 unspecified atom stereocenters. The molecule has 1 aromatic carbocycles. The fourth-order valence-corrected chi connectivity index (χ4v) is 3.72. The number of rotatable bonds is 7. The molecule has 1 aliphatic carbocycles. The van der Waals surface area contributed by atoms with Crippen LogP contribution in [0.25, 0.3) is 0 Å². The highest BCUT2D eigenvalue weighted by molar-refractivity contribution is 5.35. The van der Waals surface area contributed by atoms with Crippen LogP contribution in [0.15, 0.2) is 30.3 Å². The number of likely N-dealkylation sites (tertiary alicyclic amines) is 1. The lowest BCUT2D eigenvalue weighted by molar-refractivity contribution is -0.138. The van der Waals surface area contributed by atoms with E-state index in [-0.39, 0.29) is 12.4 Å². The van der Waals surface area contributed by atoms with Crippen LogP contribution >= 0.6 is 0 Å². The minimum Gasteiger partial charge on any atom is -0.493 e. The number of ether oxygens (including phenoxy) is 1. The predicted octanol–water partition coefficient (Wildman–Crippen LogP) is 4.25. The molecule has 1 N–H and O–H groups in total. The van der Waals surface area contributed by atoms with Gasteiger partial charge < -0.3 is 9.64 Å². The van der Waals surface area contributed by atoms with Crippen LogP contribution in [0.3, 0.4) is 0 Å². The van der Waals surface area contributed by atoms with Gasteiger partial charge in [0, 0.05) is 31.1 Å². The van der Waals surface area contributed by atoms with E-state index in [9.17, 15) is 13.2 Å². The van der Waals surface area contributed by atoms with Gasteiger partial charge in [-0.2, -0.15) is 18.3 Å². The Morgan fingerprint density at radius 2 is 2.00 bits per heavy atom. The Labute approximate surface area is 156 Å². The van der Waals surface area contributed by atoms with Gasteiger partial charge in [0.1, 0.15) is 5.75 Å². The van der Waals surface area contributed by atoms with Crippen molar-refractivity contribution in [2.45, 2.75) is 37.8 Å². The molecule has 1 saturated heterocycles. The lowest BCUT2D eigenvalue weighted by atomic mass is 10.0. The maximum absolute atomic E-state index is 13.0. The first kappa shape index (κ1) is 18.3. The SMILES string of the molecule is FC(F)(F)c1ccccc1OCCc1cc([C@H]2CCN(CC3CC3)C2)n[nH]1. The Morgan fingerprint density at radius 3 is 2.78 bits per heavy atom. The third kappa shape index (κ3) is 4.64. The number of halogens is 3. The van der Waals surface area contributed by atoms with E-state index in [4.69, 9.17) is 4.74 Å². The van der Waals surface area contributed by atoms with Crippen molar-refractivity contribution < 1.29 is 17.9 Å². The summed E-state index contributed by atoms with van der Waals surface area (Å²) in [6, 6.07) is 7.34. The Bertz CT molecular complexity index is 770. The van der Waals surface area contributed by atoms with E-state index in [2.05, 4.69) is 15.1 Å². The van der Waals surface area contributed by atoms with Crippen molar-refractivity contribution in [3.63, 3.8) is 0 Å². The molecule has 0 bridgehead atoms. The third-order valence-corrected chi connectivity index (χ3v) is 5.38. The molecule has 2 fully saturated rings. The summed E-state index contributed by atoms with van der Waals surface area (Å²) in [5.41, 5.74) is 1.21. The third-order valence-electron chi connectivity index (χ3n) is 5.38. The average Bonchev–Trinajstić information content (AvgIpc) is 3.12. The van der Waals surface area contributed by atoms with Crippen LogP contribution in [0.5, 0.6) is 5.75 Å². The summed E-state index contributed by atoms with van der Waals surface area (Å²) in [4.78, 5) is 2.52. The molecule has 4 rings (SSSR count). The van der Waals surface area contributed by atoms with Gasteiger partial charge in [-0.3, -0.25) is 5.10 Å². The van der Waals surface area contributed by atoms with Crippen molar-refractivity contribution in [3.8, 4) is 5.75 Å². The number of aromatic amines is 1. The molecule has 1 saturated carbocycles. The van der Waals surface area contributed by atoms with Crippen molar-refractivity contribution >= 4 is 0 Å². The predicted molar refractivity (Wildman–Crippen MR) is 95.8 cm³/mol. The fourth-order valence-electron chi connectivity index (χ4n) is 3.72. The molecule has 0 spiro atoms. The molecule has 7 heteroatoms. The highest BCUT2D eigenvalue weighted by Gasteiger charge is 2.34. The van der Waals surface area contributed by atoms with E-state index in [1.807, 2.05) is 6.07 Å². The second kappa shape index (κ2) is 7.54. The van der Waals surface area contributed by atoms with Crippen molar-refractivity contribution in [2.75, 3.05) is 26.2 Å². The van der Waals surface area contributed by atoms with Crippen LogP contribution in [0.1, 0.15) is 42.1 Å². The molecule has 2 aromatic rings. The Morgan fingerprint density at radius 1 is 1.19 bits per heavy atom. The van der Waals surface area contributed by atoms with Crippen molar-refractivity contribution in [1.82, 2.24) is 15.1 Å². The Kier molecular flexibility index (Phi) is 5.12. The fraction of sp³-hybridized carbons (Fsp3) is 0.550. The first-order valence-electron chi connectivity index (χ1n) is 9.54. The first-order chi connectivity index (χ1) is 13.0. The first-order valence-corrected chi connectivity index (χ1v) is 9.54. The zero-order valence-corrected chi connectivity index (χ0v) is 15.1. The lowest BCUT2D eigenvalue weighted by Crippen LogP contribution is -2.22. The van der Waals surface area contributed by atoms with Crippen molar-refractivity contribution in [2.24, 2.45) is 5.92 Å². The van der Waals surface area contributed by atoms with E-state index in [1.54, 1.807) is 6.07 Å². The Hall–Kier alpha value is -2.02. The molecule has 146 valence electrons. The monoisotopic (exact) mass is 379 g/mol. The lowest BCUT2D eigenvalue weighted by Gasteiger charge is -2.14. The van der Waals surface area contributed by atoms with Crippen LogP contribution in [-0.2, 0) is 12.6 Å². The smallest absolute Gasteiger partial charge is 0.419 e. The number of hydrogen-bond acceptors (Lipinski definition) is 3. The van der Waals surface area contributed by atoms with Crippen LogP contribution in [-0.4, -0.2) is 41.3 Å². The zero-order valence-electron chi connectivity index (χ0n) is 15.1. The summed E-state index contributed by atoms with van der Waals surface area (Å²) in [7, 11) is 0. The minimum atomic E-state index is -4.41. The summed E-state index contributed by atoms with van der Waals surface area (Å²) < 4.78 is 44.4. The van der Waals surface area contributed by atoms with Crippen molar-refractivity contribution in [3.05, 3.63) is 47.3 Å². The summed E-state index contributed by atoms with van der Waals surface area (Å²) in [5, 5.41) is 7.43. The molecule has 4 nitrogen and oxygen atoms in total. The molecule has 0 radical (unpaired) electrons. The van der Waals surface area contributed by atoms with Gasteiger partial charge in [0.2, 0.25) is 0 Å². The Balaban J connectivity index is 1.29.